The zero-order chi connectivity index (χ0) is 14.0. The number of nitrogens with one attached hydrogen (secondary N) is 1. The highest BCUT2D eigenvalue weighted by atomic mass is 127. The van der Waals surface area contributed by atoms with Gasteiger partial charge in [-0.1, -0.05) is 19.1 Å². The smallest absolute Gasteiger partial charge is 0.0597 e. The highest BCUT2D eigenvalue weighted by molar-refractivity contribution is 14.1. The van der Waals surface area contributed by atoms with Crippen LogP contribution < -0.4 is 5.32 Å². The van der Waals surface area contributed by atoms with Crippen molar-refractivity contribution in [3.05, 3.63) is 33.4 Å². The molecular weight excluding hydrogens is 349 g/mol. The third kappa shape index (κ3) is 3.50. The summed E-state index contributed by atoms with van der Waals surface area (Å²) < 4.78 is 7.28. The Morgan fingerprint density at radius 1 is 1.16 bits per heavy atom. The molecule has 0 radical (unpaired) electrons. The van der Waals surface area contributed by atoms with Gasteiger partial charge in [-0.25, -0.2) is 0 Å². The molecule has 1 aliphatic heterocycles. The van der Waals surface area contributed by atoms with E-state index >= 15 is 0 Å². The molecule has 1 N–H and O–H groups in total. The largest absolute Gasteiger partial charge is 0.375 e. The summed E-state index contributed by atoms with van der Waals surface area (Å²) in [5.74, 6) is 1.19. The fraction of sp³-hybridized carbons (Fsp3) is 0.625. The van der Waals surface area contributed by atoms with Gasteiger partial charge in [0, 0.05) is 15.5 Å². The first-order chi connectivity index (χ1) is 9.02. The molecule has 1 fully saturated rings. The molecular formula is C16H24INO. The maximum atomic E-state index is 5.98. The molecule has 19 heavy (non-hydrogen) atoms. The van der Waals surface area contributed by atoms with E-state index in [1.54, 1.807) is 0 Å². The molecule has 0 bridgehead atoms. The van der Waals surface area contributed by atoms with Gasteiger partial charge in [-0.15, -0.1) is 0 Å². The number of hydrogen-bond acceptors (Lipinski definition) is 2. The maximum absolute atomic E-state index is 5.98. The van der Waals surface area contributed by atoms with Gasteiger partial charge in [-0.05, 0) is 73.5 Å². The van der Waals surface area contributed by atoms with Gasteiger partial charge in [0.1, 0.15) is 0 Å². The molecule has 2 rings (SSSR count). The quantitative estimate of drug-likeness (QED) is 0.816. The molecule has 1 aliphatic rings. The molecule has 1 aromatic rings. The molecule has 5 unspecified atom stereocenters. The van der Waals surface area contributed by atoms with Crippen LogP contribution in [0.1, 0.15) is 26.3 Å². The van der Waals surface area contributed by atoms with Crippen molar-refractivity contribution in [1.82, 2.24) is 5.32 Å². The van der Waals surface area contributed by atoms with Crippen LogP contribution in [0, 0.1) is 15.4 Å². The van der Waals surface area contributed by atoms with E-state index in [9.17, 15) is 0 Å². The number of rotatable bonds is 4. The molecule has 1 heterocycles. The zero-order valence-electron chi connectivity index (χ0n) is 12.2. The summed E-state index contributed by atoms with van der Waals surface area (Å²) in [4.78, 5) is 0. The Balaban J connectivity index is 2.09. The first-order valence-electron chi connectivity index (χ1n) is 7.10. The van der Waals surface area contributed by atoms with Gasteiger partial charge >= 0.3 is 0 Å². The molecule has 1 saturated heterocycles. The van der Waals surface area contributed by atoms with Crippen molar-refractivity contribution in [3.8, 4) is 0 Å². The molecule has 0 aromatic heterocycles. The first kappa shape index (κ1) is 15.3. The summed E-state index contributed by atoms with van der Waals surface area (Å²) >= 11 is 2.35. The highest BCUT2D eigenvalue weighted by Crippen LogP contribution is 2.35. The Kier molecular flexibility index (Phi) is 5.26. The van der Waals surface area contributed by atoms with Gasteiger partial charge in [0.2, 0.25) is 0 Å². The molecule has 0 saturated carbocycles. The van der Waals surface area contributed by atoms with Gasteiger partial charge in [0.05, 0.1) is 12.2 Å². The van der Waals surface area contributed by atoms with Crippen molar-refractivity contribution in [1.29, 1.82) is 0 Å². The molecule has 1 aromatic carbocycles. The number of likely N-dealkylation sites (N-methyl/N-ethyl adjacent to an activating group) is 1. The van der Waals surface area contributed by atoms with Crippen molar-refractivity contribution >= 4 is 22.6 Å². The van der Waals surface area contributed by atoms with Crippen LogP contribution in [0.4, 0.5) is 0 Å². The second-order valence-corrected chi connectivity index (χ2v) is 6.95. The van der Waals surface area contributed by atoms with Crippen LogP contribution in [0.2, 0.25) is 0 Å². The minimum atomic E-state index is 0.339. The fourth-order valence-corrected chi connectivity index (χ4v) is 3.65. The maximum Gasteiger partial charge on any atom is 0.0597 e. The van der Waals surface area contributed by atoms with E-state index in [0.717, 1.165) is 6.42 Å². The third-order valence-corrected chi connectivity index (χ3v) is 5.24. The Bertz CT molecular complexity index is 406. The number of halogens is 1. The van der Waals surface area contributed by atoms with Crippen LogP contribution in [-0.4, -0.2) is 25.3 Å². The van der Waals surface area contributed by atoms with Crippen molar-refractivity contribution < 1.29 is 4.74 Å². The molecule has 0 spiro atoms. The summed E-state index contributed by atoms with van der Waals surface area (Å²) in [6, 6.07) is 9.32. The second kappa shape index (κ2) is 6.55. The Morgan fingerprint density at radius 2 is 1.79 bits per heavy atom. The lowest BCUT2D eigenvalue weighted by Gasteiger charge is -2.29. The van der Waals surface area contributed by atoms with Crippen LogP contribution in [0.5, 0.6) is 0 Å². The third-order valence-electron chi connectivity index (χ3n) is 4.52. The Hall–Kier alpha value is -0.130. The van der Waals surface area contributed by atoms with Gasteiger partial charge in [-0.2, -0.15) is 0 Å². The van der Waals surface area contributed by atoms with Crippen LogP contribution in [-0.2, 0) is 11.2 Å². The first-order valence-corrected chi connectivity index (χ1v) is 8.18. The normalized spacial score (nSPS) is 32.5. The number of hydrogen-bond donors (Lipinski definition) is 1. The van der Waals surface area contributed by atoms with Crippen LogP contribution in [0.25, 0.3) is 0 Å². The van der Waals surface area contributed by atoms with Gasteiger partial charge < -0.3 is 10.1 Å². The fourth-order valence-electron chi connectivity index (χ4n) is 3.29. The summed E-state index contributed by atoms with van der Waals surface area (Å²) in [5.41, 5.74) is 1.40. The predicted molar refractivity (Wildman–Crippen MR) is 88.4 cm³/mol. The SMILES string of the molecule is CNC(Cc1ccc(I)cc1)C1C(C)OC(C)C1C. The van der Waals surface area contributed by atoms with Crippen molar-refractivity contribution in [2.75, 3.05) is 7.05 Å². The van der Waals surface area contributed by atoms with Crippen LogP contribution >= 0.6 is 22.6 Å². The summed E-state index contributed by atoms with van der Waals surface area (Å²) in [6.07, 6.45) is 1.78. The monoisotopic (exact) mass is 373 g/mol. The van der Waals surface area contributed by atoms with Crippen LogP contribution in [0.15, 0.2) is 24.3 Å². The van der Waals surface area contributed by atoms with E-state index in [1.807, 2.05) is 0 Å². The molecule has 0 amide bonds. The molecule has 5 atom stereocenters. The molecule has 2 nitrogen and oxygen atoms in total. The topological polar surface area (TPSA) is 21.3 Å². The van der Waals surface area contributed by atoms with E-state index in [1.165, 1.54) is 9.13 Å². The van der Waals surface area contributed by atoms with Crippen LogP contribution in [0.3, 0.4) is 0 Å². The molecule has 3 heteroatoms. The predicted octanol–water partition coefficient (Wildman–Crippen LogP) is 3.48. The Morgan fingerprint density at radius 3 is 2.26 bits per heavy atom. The lowest BCUT2D eigenvalue weighted by Crippen LogP contribution is -2.41. The summed E-state index contributed by atoms with van der Waals surface area (Å²) in [7, 11) is 2.07. The van der Waals surface area contributed by atoms with Gasteiger partial charge in [0.25, 0.3) is 0 Å². The minimum Gasteiger partial charge on any atom is -0.375 e. The number of ether oxygens (including phenoxy) is 1. The Labute approximate surface area is 130 Å². The average molecular weight is 373 g/mol. The van der Waals surface area contributed by atoms with Crippen molar-refractivity contribution in [2.45, 2.75) is 45.4 Å². The van der Waals surface area contributed by atoms with Gasteiger partial charge in [-0.3, -0.25) is 0 Å². The minimum absolute atomic E-state index is 0.339. The second-order valence-electron chi connectivity index (χ2n) is 5.71. The standard InChI is InChI=1S/C16H24INO/c1-10-11(2)19-12(3)16(10)15(18-4)9-13-5-7-14(17)8-6-13/h5-8,10-12,15-16,18H,9H2,1-4H3. The van der Waals surface area contributed by atoms with E-state index in [0.29, 0.717) is 30.1 Å². The lowest BCUT2D eigenvalue weighted by molar-refractivity contribution is 0.0479. The van der Waals surface area contributed by atoms with Gasteiger partial charge in [0.15, 0.2) is 0 Å². The zero-order valence-corrected chi connectivity index (χ0v) is 14.3. The van der Waals surface area contributed by atoms with E-state index in [4.69, 9.17) is 4.74 Å². The molecule has 106 valence electrons. The lowest BCUT2D eigenvalue weighted by atomic mass is 9.81. The summed E-state index contributed by atoms with van der Waals surface area (Å²) in [5, 5.41) is 3.51. The van der Waals surface area contributed by atoms with Crippen molar-refractivity contribution in [3.63, 3.8) is 0 Å². The number of benzene rings is 1. The molecule has 0 aliphatic carbocycles. The van der Waals surface area contributed by atoms with E-state index in [2.05, 4.69) is 80.0 Å². The van der Waals surface area contributed by atoms with E-state index < -0.39 is 0 Å². The average Bonchev–Trinajstić information content (AvgIpc) is 2.63. The highest BCUT2D eigenvalue weighted by Gasteiger charge is 2.40. The van der Waals surface area contributed by atoms with E-state index in [-0.39, 0.29) is 0 Å². The van der Waals surface area contributed by atoms with Crippen molar-refractivity contribution in [2.24, 2.45) is 11.8 Å². The summed E-state index contributed by atoms with van der Waals surface area (Å²) in [6.45, 7) is 6.72.